The number of fused-ring (bicyclic) bond motifs is 1. The first-order chi connectivity index (χ1) is 8.19. The van der Waals surface area contributed by atoms with Crippen molar-refractivity contribution < 1.29 is 14.6 Å². The number of benzene rings is 1. The van der Waals surface area contributed by atoms with Crippen molar-refractivity contribution >= 4 is 11.8 Å². The maximum Gasteiger partial charge on any atom is 0.166 e. The lowest BCUT2D eigenvalue weighted by atomic mass is 9.96. The molecule has 0 spiro atoms. The summed E-state index contributed by atoms with van der Waals surface area (Å²) in [4.78, 5) is 0. The zero-order valence-corrected chi connectivity index (χ0v) is 11.3. The minimum atomic E-state index is -0.455. The van der Waals surface area contributed by atoms with E-state index in [1.165, 1.54) is 5.56 Å². The molecule has 0 radical (unpaired) electrons. The van der Waals surface area contributed by atoms with E-state index in [1.54, 1.807) is 14.2 Å². The van der Waals surface area contributed by atoms with Crippen LogP contribution in [0.15, 0.2) is 6.07 Å². The van der Waals surface area contributed by atoms with Crippen LogP contribution in [0.4, 0.5) is 0 Å². The third-order valence-corrected chi connectivity index (χ3v) is 4.17. The van der Waals surface area contributed by atoms with Gasteiger partial charge in [0.15, 0.2) is 11.5 Å². The molecule has 1 aliphatic rings. The van der Waals surface area contributed by atoms with Gasteiger partial charge in [0.1, 0.15) is 0 Å². The Morgan fingerprint density at radius 1 is 1.35 bits per heavy atom. The van der Waals surface area contributed by atoms with E-state index in [-0.39, 0.29) is 0 Å². The Morgan fingerprint density at radius 2 is 2.12 bits per heavy atom. The van der Waals surface area contributed by atoms with E-state index in [9.17, 15) is 5.11 Å². The quantitative estimate of drug-likeness (QED) is 0.880. The summed E-state index contributed by atoms with van der Waals surface area (Å²) >= 11 is 1.85. The third-order valence-electron chi connectivity index (χ3n) is 3.16. The molecule has 1 aromatic rings. The van der Waals surface area contributed by atoms with Gasteiger partial charge in [-0.25, -0.2) is 0 Å². The van der Waals surface area contributed by atoms with E-state index in [1.807, 2.05) is 17.8 Å². The van der Waals surface area contributed by atoms with Crippen molar-refractivity contribution in [2.24, 2.45) is 0 Å². The molecule has 0 aliphatic carbocycles. The maximum atomic E-state index is 10.2. The summed E-state index contributed by atoms with van der Waals surface area (Å²) in [5.41, 5.74) is 3.26. The van der Waals surface area contributed by atoms with Crippen LogP contribution in [0.2, 0.25) is 0 Å². The standard InChI is InChI=1S/C13H18O3S/c1-8-6-11(15-2)13(16-3)12-9(8)7-17-5-4-10(12)14/h6,10,14H,4-5,7H2,1-3H3/t10-/m1/s1. The van der Waals surface area contributed by atoms with Crippen molar-refractivity contribution in [2.45, 2.75) is 25.2 Å². The number of aryl methyl sites for hydroxylation is 1. The van der Waals surface area contributed by atoms with Crippen LogP contribution in [0.1, 0.15) is 29.2 Å². The largest absolute Gasteiger partial charge is 0.493 e. The van der Waals surface area contributed by atoms with E-state index in [0.29, 0.717) is 11.5 Å². The molecule has 0 fully saturated rings. The molecule has 1 N–H and O–H groups in total. The van der Waals surface area contributed by atoms with Crippen LogP contribution < -0.4 is 9.47 Å². The number of aliphatic hydroxyl groups excluding tert-OH is 1. The highest BCUT2D eigenvalue weighted by molar-refractivity contribution is 7.98. The Kier molecular flexibility index (Phi) is 3.84. The predicted octanol–water partition coefficient (Wildman–Crippen LogP) is 2.68. The predicted molar refractivity (Wildman–Crippen MR) is 70.0 cm³/mol. The average Bonchev–Trinajstić information content (AvgIpc) is 2.52. The van der Waals surface area contributed by atoms with Crippen LogP contribution in [0.5, 0.6) is 11.5 Å². The minimum Gasteiger partial charge on any atom is -0.493 e. The lowest BCUT2D eigenvalue weighted by Crippen LogP contribution is -2.06. The Morgan fingerprint density at radius 3 is 2.76 bits per heavy atom. The van der Waals surface area contributed by atoms with E-state index < -0.39 is 6.10 Å². The molecule has 1 aliphatic heterocycles. The molecule has 0 unspecified atom stereocenters. The van der Waals surface area contributed by atoms with Gasteiger partial charge in [0.2, 0.25) is 0 Å². The first-order valence-corrected chi connectivity index (χ1v) is 6.84. The number of rotatable bonds is 2. The fourth-order valence-electron chi connectivity index (χ4n) is 2.25. The van der Waals surface area contributed by atoms with Gasteiger partial charge in [0, 0.05) is 11.3 Å². The van der Waals surface area contributed by atoms with Crippen molar-refractivity contribution in [1.29, 1.82) is 0 Å². The highest BCUT2D eigenvalue weighted by atomic mass is 32.2. The summed E-state index contributed by atoms with van der Waals surface area (Å²) in [5.74, 6) is 3.29. The number of ether oxygens (including phenoxy) is 2. The third kappa shape index (κ3) is 2.24. The van der Waals surface area contributed by atoms with Crippen LogP contribution in [0.25, 0.3) is 0 Å². The smallest absolute Gasteiger partial charge is 0.166 e. The second kappa shape index (κ2) is 5.19. The molecule has 1 aromatic carbocycles. The molecular weight excluding hydrogens is 236 g/mol. The van der Waals surface area contributed by atoms with Gasteiger partial charge < -0.3 is 14.6 Å². The lowest BCUT2D eigenvalue weighted by molar-refractivity contribution is 0.169. The highest BCUT2D eigenvalue weighted by Crippen LogP contribution is 2.43. The Bertz CT molecular complexity index is 418. The molecule has 0 aromatic heterocycles. The lowest BCUT2D eigenvalue weighted by Gasteiger charge is -2.20. The molecule has 3 nitrogen and oxygen atoms in total. The number of hydrogen-bond donors (Lipinski definition) is 1. The molecule has 94 valence electrons. The van der Waals surface area contributed by atoms with Crippen molar-refractivity contribution in [1.82, 2.24) is 0 Å². The molecule has 17 heavy (non-hydrogen) atoms. The summed E-state index contributed by atoms with van der Waals surface area (Å²) in [6.45, 7) is 2.05. The first-order valence-electron chi connectivity index (χ1n) is 5.69. The second-order valence-electron chi connectivity index (χ2n) is 4.18. The van der Waals surface area contributed by atoms with E-state index >= 15 is 0 Å². The van der Waals surface area contributed by atoms with E-state index in [2.05, 4.69) is 6.92 Å². The molecule has 0 saturated carbocycles. The fourth-order valence-corrected chi connectivity index (χ4v) is 3.37. The maximum absolute atomic E-state index is 10.2. The van der Waals surface area contributed by atoms with Gasteiger partial charge in [0.05, 0.1) is 20.3 Å². The van der Waals surface area contributed by atoms with Crippen LogP contribution in [-0.4, -0.2) is 25.1 Å². The van der Waals surface area contributed by atoms with Gasteiger partial charge in [-0.2, -0.15) is 11.8 Å². The highest BCUT2D eigenvalue weighted by Gasteiger charge is 2.25. The second-order valence-corrected chi connectivity index (χ2v) is 5.28. The molecule has 4 heteroatoms. The van der Waals surface area contributed by atoms with Crippen LogP contribution >= 0.6 is 11.8 Å². The molecule has 1 heterocycles. The Hall–Kier alpha value is -0.870. The topological polar surface area (TPSA) is 38.7 Å². The summed E-state index contributed by atoms with van der Waals surface area (Å²) in [5, 5.41) is 10.2. The van der Waals surface area contributed by atoms with Crippen molar-refractivity contribution in [3.05, 3.63) is 22.8 Å². The summed E-state index contributed by atoms with van der Waals surface area (Å²) in [6, 6.07) is 1.98. The van der Waals surface area contributed by atoms with Crippen LogP contribution in [-0.2, 0) is 5.75 Å². The van der Waals surface area contributed by atoms with Crippen LogP contribution in [0, 0.1) is 6.92 Å². The summed E-state index contributed by atoms with van der Waals surface area (Å²) in [6.07, 6.45) is 0.310. The number of thioether (sulfide) groups is 1. The zero-order valence-electron chi connectivity index (χ0n) is 10.4. The molecule has 1 atom stereocenters. The average molecular weight is 254 g/mol. The molecule has 0 saturated heterocycles. The van der Waals surface area contributed by atoms with Gasteiger partial charge in [0.25, 0.3) is 0 Å². The van der Waals surface area contributed by atoms with Gasteiger partial charge >= 0.3 is 0 Å². The van der Waals surface area contributed by atoms with Gasteiger partial charge in [-0.3, -0.25) is 0 Å². The number of aliphatic hydroxyl groups is 1. The van der Waals surface area contributed by atoms with Gasteiger partial charge in [-0.1, -0.05) is 0 Å². The minimum absolute atomic E-state index is 0.455. The molecular formula is C13H18O3S. The SMILES string of the molecule is COc1cc(C)c2c(c1OC)[C@H](O)CCSC2. The fraction of sp³-hybridized carbons (Fsp3) is 0.538. The first kappa shape index (κ1) is 12.6. The number of methoxy groups -OCH3 is 2. The Balaban J connectivity index is 2.64. The molecule has 0 bridgehead atoms. The Labute approximate surface area is 106 Å². The summed E-state index contributed by atoms with van der Waals surface area (Å²) in [7, 11) is 3.25. The van der Waals surface area contributed by atoms with E-state index in [0.717, 1.165) is 29.1 Å². The molecule has 0 amide bonds. The molecule has 2 rings (SSSR count). The van der Waals surface area contributed by atoms with Crippen LogP contribution in [0.3, 0.4) is 0 Å². The van der Waals surface area contributed by atoms with Crippen molar-refractivity contribution in [2.75, 3.05) is 20.0 Å². The van der Waals surface area contributed by atoms with Crippen molar-refractivity contribution in [3.8, 4) is 11.5 Å². The van der Waals surface area contributed by atoms with Crippen molar-refractivity contribution in [3.63, 3.8) is 0 Å². The zero-order chi connectivity index (χ0) is 12.4. The monoisotopic (exact) mass is 254 g/mol. The number of hydrogen-bond acceptors (Lipinski definition) is 4. The summed E-state index contributed by atoms with van der Waals surface area (Å²) < 4.78 is 10.8. The van der Waals surface area contributed by atoms with Gasteiger partial charge in [-0.05, 0) is 36.3 Å². The van der Waals surface area contributed by atoms with Gasteiger partial charge in [-0.15, -0.1) is 0 Å². The normalized spacial score (nSPS) is 19.4. The van der Waals surface area contributed by atoms with E-state index in [4.69, 9.17) is 9.47 Å².